The Balaban J connectivity index is 2.30. The van der Waals surface area contributed by atoms with Crippen molar-refractivity contribution >= 4 is 17.7 Å². The lowest BCUT2D eigenvalue weighted by Crippen LogP contribution is -2.31. The van der Waals surface area contributed by atoms with Crippen LogP contribution in [0.15, 0.2) is 24.3 Å². The van der Waals surface area contributed by atoms with E-state index < -0.39 is 5.97 Å². The van der Waals surface area contributed by atoms with Gasteiger partial charge in [-0.05, 0) is 51.2 Å². The fourth-order valence-electron chi connectivity index (χ4n) is 1.78. The Bertz CT molecular complexity index is 458. The van der Waals surface area contributed by atoms with E-state index in [0.29, 0.717) is 18.7 Å². The maximum atomic E-state index is 11.6. The zero-order chi connectivity index (χ0) is 15.7. The average molecular weight is 293 g/mol. The Morgan fingerprint density at radius 2 is 1.86 bits per heavy atom. The third-order valence-corrected chi connectivity index (χ3v) is 2.91. The van der Waals surface area contributed by atoms with Gasteiger partial charge in [-0.2, -0.15) is 0 Å². The summed E-state index contributed by atoms with van der Waals surface area (Å²) >= 11 is 0. The van der Waals surface area contributed by atoms with Gasteiger partial charge in [-0.1, -0.05) is 12.1 Å². The van der Waals surface area contributed by atoms with Gasteiger partial charge < -0.3 is 20.6 Å². The molecular weight excluding hydrogens is 270 g/mol. The molecular formula is C15H23N3O3. The molecule has 21 heavy (non-hydrogen) atoms. The van der Waals surface area contributed by atoms with Crippen molar-refractivity contribution in [2.75, 3.05) is 32.5 Å². The number of aliphatic carboxylic acids is 1. The number of anilines is 1. The van der Waals surface area contributed by atoms with Crippen LogP contribution in [0.5, 0.6) is 0 Å². The highest BCUT2D eigenvalue weighted by molar-refractivity contribution is 5.89. The van der Waals surface area contributed by atoms with Gasteiger partial charge in [0.15, 0.2) is 0 Å². The van der Waals surface area contributed by atoms with Crippen LogP contribution >= 0.6 is 0 Å². The van der Waals surface area contributed by atoms with Crippen LogP contribution in [-0.4, -0.2) is 49.2 Å². The lowest BCUT2D eigenvalue weighted by atomic mass is 10.1. The second-order valence-corrected chi connectivity index (χ2v) is 5.13. The number of rotatable bonds is 8. The van der Waals surface area contributed by atoms with E-state index in [1.807, 2.05) is 26.2 Å². The highest BCUT2D eigenvalue weighted by Gasteiger charge is 2.02. The van der Waals surface area contributed by atoms with E-state index >= 15 is 0 Å². The number of carbonyl (C=O) groups is 2. The van der Waals surface area contributed by atoms with Crippen molar-refractivity contribution in [2.45, 2.75) is 19.3 Å². The number of nitrogens with zero attached hydrogens (tertiary/aromatic N) is 1. The molecule has 0 bridgehead atoms. The summed E-state index contributed by atoms with van der Waals surface area (Å²) in [7, 11) is 3.98. The molecule has 3 N–H and O–H groups in total. The zero-order valence-corrected chi connectivity index (χ0v) is 12.6. The fraction of sp³-hybridized carbons (Fsp3) is 0.467. The minimum absolute atomic E-state index is 0.110. The summed E-state index contributed by atoms with van der Waals surface area (Å²) in [4.78, 5) is 24.2. The van der Waals surface area contributed by atoms with E-state index in [0.717, 1.165) is 18.5 Å². The zero-order valence-electron chi connectivity index (χ0n) is 12.6. The van der Waals surface area contributed by atoms with Crippen molar-refractivity contribution in [3.05, 3.63) is 29.8 Å². The van der Waals surface area contributed by atoms with Gasteiger partial charge in [0.1, 0.15) is 0 Å². The molecule has 6 nitrogen and oxygen atoms in total. The normalized spacial score (nSPS) is 10.4. The molecule has 0 saturated heterocycles. The van der Waals surface area contributed by atoms with E-state index in [1.54, 1.807) is 12.1 Å². The average Bonchev–Trinajstić information content (AvgIpc) is 2.42. The summed E-state index contributed by atoms with van der Waals surface area (Å²) in [5.41, 5.74) is 1.63. The Morgan fingerprint density at radius 3 is 2.43 bits per heavy atom. The Kier molecular flexibility index (Phi) is 7.25. The van der Waals surface area contributed by atoms with Gasteiger partial charge in [0.25, 0.3) is 0 Å². The Morgan fingerprint density at radius 1 is 1.19 bits per heavy atom. The molecule has 1 aromatic rings. The van der Waals surface area contributed by atoms with E-state index in [1.165, 1.54) is 0 Å². The molecule has 2 amide bonds. The third-order valence-electron chi connectivity index (χ3n) is 2.91. The number of nitrogens with one attached hydrogen (secondary N) is 2. The fourth-order valence-corrected chi connectivity index (χ4v) is 1.78. The molecule has 116 valence electrons. The van der Waals surface area contributed by atoms with Gasteiger partial charge in [-0.25, -0.2) is 4.79 Å². The summed E-state index contributed by atoms with van der Waals surface area (Å²) in [6, 6.07) is 6.97. The number of carbonyl (C=O) groups excluding carboxylic acids is 1. The van der Waals surface area contributed by atoms with Gasteiger partial charge in [0, 0.05) is 18.7 Å². The first-order valence-corrected chi connectivity index (χ1v) is 6.97. The van der Waals surface area contributed by atoms with Crippen molar-refractivity contribution in [1.82, 2.24) is 10.2 Å². The maximum absolute atomic E-state index is 11.6. The van der Waals surface area contributed by atoms with Crippen LogP contribution in [-0.2, 0) is 11.2 Å². The SMILES string of the molecule is CN(C)CCCNC(=O)Nc1ccc(CCC(=O)O)cc1. The molecule has 0 heterocycles. The summed E-state index contributed by atoms with van der Waals surface area (Å²) in [5.74, 6) is -0.811. The van der Waals surface area contributed by atoms with Gasteiger partial charge >= 0.3 is 12.0 Å². The van der Waals surface area contributed by atoms with Crippen LogP contribution in [0.4, 0.5) is 10.5 Å². The second kappa shape index (κ2) is 8.97. The molecule has 0 fully saturated rings. The number of benzene rings is 1. The molecule has 0 aromatic heterocycles. The summed E-state index contributed by atoms with van der Waals surface area (Å²) in [6.07, 6.45) is 1.50. The van der Waals surface area contributed by atoms with Crippen molar-refractivity contribution in [3.8, 4) is 0 Å². The van der Waals surface area contributed by atoms with Crippen molar-refractivity contribution in [1.29, 1.82) is 0 Å². The van der Waals surface area contributed by atoms with E-state index in [4.69, 9.17) is 5.11 Å². The molecule has 1 rings (SSSR count). The molecule has 6 heteroatoms. The maximum Gasteiger partial charge on any atom is 0.319 e. The lowest BCUT2D eigenvalue weighted by Gasteiger charge is -2.11. The molecule has 1 aromatic carbocycles. The topological polar surface area (TPSA) is 81.7 Å². The second-order valence-electron chi connectivity index (χ2n) is 5.13. The van der Waals surface area contributed by atoms with Gasteiger partial charge in [0.05, 0.1) is 0 Å². The first kappa shape index (κ1) is 17.0. The number of hydrogen-bond donors (Lipinski definition) is 3. The minimum atomic E-state index is -0.811. The highest BCUT2D eigenvalue weighted by atomic mass is 16.4. The number of carboxylic acid groups (broad SMARTS) is 1. The van der Waals surface area contributed by atoms with Crippen LogP contribution in [0.25, 0.3) is 0 Å². The van der Waals surface area contributed by atoms with Crippen molar-refractivity contribution < 1.29 is 14.7 Å². The molecule has 0 spiro atoms. The number of urea groups is 1. The smallest absolute Gasteiger partial charge is 0.319 e. The first-order chi connectivity index (χ1) is 9.97. The summed E-state index contributed by atoms with van der Waals surface area (Å²) in [6.45, 7) is 1.55. The number of carboxylic acids is 1. The van der Waals surface area contributed by atoms with Crippen LogP contribution in [0.3, 0.4) is 0 Å². The monoisotopic (exact) mass is 293 g/mol. The molecule has 0 atom stereocenters. The molecule has 0 saturated carbocycles. The van der Waals surface area contributed by atoms with Crippen molar-refractivity contribution in [2.24, 2.45) is 0 Å². The third kappa shape index (κ3) is 7.94. The van der Waals surface area contributed by atoms with E-state index in [9.17, 15) is 9.59 Å². The standard InChI is InChI=1S/C15H23N3O3/c1-18(2)11-3-10-16-15(21)17-13-7-4-12(5-8-13)6-9-14(19)20/h4-5,7-8H,3,6,9-11H2,1-2H3,(H,19,20)(H2,16,17,21). The van der Waals surface area contributed by atoms with Gasteiger partial charge in [-0.15, -0.1) is 0 Å². The van der Waals surface area contributed by atoms with Crippen LogP contribution in [0.1, 0.15) is 18.4 Å². The predicted octanol–water partition coefficient (Wildman–Crippen LogP) is 1.78. The van der Waals surface area contributed by atoms with Crippen LogP contribution in [0.2, 0.25) is 0 Å². The Labute approximate surface area is 125 Å². The number of aryl methyl sites for hydroxylation is 1. The molecule has 0 radical (unpaired) electrons. The summed E-state index contributed by atoms with van der Waals surface area (Å²) < 4.78 is 0. The quantitative estimate of drug-likeness (QED) is 0.638. The highest BCUT2D eigenvalue weighted by Crippen LogP contribution is 2.11. The first-order valence-electron chi connectivity index (χ1n) is 6.97. The summed E-state index contributed by atoms with van der Waals surface area (Å²) in [5, 5.41) is 14.1. The van der Waals surface area contributed by atoms with Gasteiger partial charge in [0.2, 0.25) is 0 Å². The molecule has 0 aliphatic carbocycles. The Hall–Kier alpha value is -2.08. The lowest BCUT2D eigenvalue weighted by molar-refractivity contribution is -0.136. The molecule has 0 unspecified atom stereocenters. The largest absolute Gasteiger partial charge is 0.481 e. The van der Waals surface area contributed by atoms with Crippen molar-refractivity contribution in [3.63, 3.8) is 0 Å². The molecule has 0 aliphatic heterocycles. The predicted molar refractivity (Wildman–Crippen MR) is 82.6 cm³/mol. The van der Waals surface area contributed by atoms with E-state index in [2.05, 4.69) is 15.5 Å². The number of amides is 2. The minimum Gasteiger partial charge on any atom is -0.481 e. The molecule has 0 aliphatic rings. The van der Waals surface area contributed by atoms with Gasteiger partial charge in [-0.3, -0.25) is 4.79 Å². The van der Waals surface area contributed by atoms with E-state index in [-0.39, 0.29) is 12.5 Å². The van der Waals surface area contributed by atoms with Crippen LogP contribution in [0, 0.1) is 0 Å². The van der Waals surface area contributed by atoms with Crippen LogP contribution < -0.4 is 10.6 Å². The number of hydrogen-bond acceptors (Lipinski definition) is 3.